The van der Waals surface area contributed by atoms with E-state index < -0.39 is 0 Å². The summed E-state index contributed by atoms with van der Waals surface area (Å²) >= 11 is 5.85. The van der Waals surface area contributed by atoms with Crippen LogP contribution in [0.1, 0.15) is 18.9 Å². The van der Waals surface area contributed by atoms with Gasteiger partial charge >= 0.3 is 0 Å². The summed E-state index contributed by atoms with van der Waals surface area (Å²) in [5, 5.41) is 0.860. The van der Waals surface area contributed by atoms with Gasteiger partial charge in [0.05, 0.1) is 10.9 Å². The summed E-state index contributed by atoms with van der Waals surface area (Å²) < 4.78 is 1.36. The van der Waals surface area contributed by atoms with Gasteiger partial charge in [-0.2, -0.15) is 0 Å². The molecule has 0 aliphatic carbocycles. The Hall–Kier alpha value is -1.35. The van der Waals surface area contributed by atoms with Crippen LogP contribution in [0.3, 0.4) is 0 Å². The monoisotopic (exact) mass is 236 g/mol. The lowest BCUT2D eigenvalue weighted by Crippen LogP contribution is -2.18. The maximum atomic E-state index is 11.9. The molecule has 0 unspecified atom stereocenters. The number of hydrogen-bond donors (Lipinski definition) is 0. The average molecular weight is 237 g/mol. The van der Waals surface area contributed by atoms with Crippen molar-refractivity contribution < 1.29 is 0 Å². The van der Waals surface area contributed by atoms with Gasteiger partial charge in [-0.25, -0.2) is 4.98 Å². The Balaban J connectivity index is 2.73. The Morgan fingerprint density at radius 2 is 2.19 bits per heavy atom. The molecule has 0 fully saturated rings. The number of rotatable bonds is 2. The summed E-state index contributed by atoms with van der Waals surface area (Å²) in [5.74, 6) is 0. The van der Waals surface area contributed by atoms with Gasteiger partial charge in [0.2, 0.25) is 5.28 Å². The number of halogens is 1. The van der Waals surface area contributed by atoms with Crippen LogP contribution in [0, 0.1) is 0 Å². The van der Waals surface area contributed by atoms with Crippen LogP contribution in [-0.2, 0) is 13.5 Å². The van der Waals surface area contributed by atoms with Gasteiger partial charge in [0.15, 0.2) is 0 Å². The standard InChI is InChI=1S/C12H13ClN2O/c1-3-4-8-5-6-10-9(7-8)11(16)15(2)12(13)14-10/h5-7H,3-4H2,1-2H3. The second kappa shape index (κ2) is 4.26. The van der Waals surface area contributed by atoms with Crippen LogP contribution in [-0.4, -0.2) is 9.55 Å². The molecule has 0 N–H and O–H groups in total. The molecular weight excluding hydrogens is 224 g/mol. The molecule has 1 heterocycles. The number of nitrogens with zero attached hydrogens (tertiary/aromatic N) is 2. The van der Waals surface area contributed by atoms with Gasteiger partial charge in [-0.3, -0.25) is 9.36 Å². The fourth-order valence-corrected chi connectivity index (χ4v) is 1.90. The first-order chi connectivity index (χ1) is 7.63. The predicted molar refractivity (Wildman–Crippen MR) is 66.0 cm³/mol. The first-order valence-electron chi connectivity index (χ1n) is 5.28. The van der Waals surface area contributed by atoms with E-state index in [1.807, 2.05) is 18.2 Å². The molecule has 3 nitrogen and oxygen atoms in total. The molecule has 0 saturated heterocycles. The van der Waals surface area contributed by atoms with Crippen LogP contribution in [0.2, 0.25) is 5.28 Å². The topological polar surface area (TPSA) is 34.9 Å². The van der Waals surface area contributed by atoms with Crippen molar-refractivity contribution in [2.75, 3.05) is 0 Å². The third kappa shape index (κ3) is 1.83. The van der Waals surface area contributed by atoms with E-state index in [1.54, 1.807) is 7.05 Å². The average Bonchev–Trinajstić information content (AvgIpc) is 2.28. The number of fused-ring (bicyclic) bond motifs is 1. The highest BCUT2D eigenvalue weighted by Gasteiger charge is 2.06. The molecule has 4 heteroatoms. The van der Waals surface area contributed by atoms with E-state index in [4.69, 9.17) is 11.6 Å². The second-order valence-electron chi connectivity index (χ2n) is 3.85. The molecule has 16 heavy (non-hydrogen) atoms. The molecular formula is C12H13ClN2O. The highest BCUT2D eigenvalue weighted by atomic mass is 35.5. The maximum absolute atomic E-state index is 11.9. The fraction of sp³-hybridized carbons (Fsp3) is 0.333. The van der Waals surface area contributed by atoms with Gasteiger partial charge in [0.1, 0.15) is 0 Å². The van der Waals surface area contributed by atoms with E-state index in [9.17, 15) is 4.79 Å². The molecule has 0 aliphatic rings. The van der Waals surface area contributed by atoms with Crippen molar-refractivity contribution in [3.05, 3.63) is 39.4 Å². The van der Waals surface area contributed by atoms with E-state index in [2.05, 4.69) is 11.9 Å². The third-order valence-electron chi connectivity index (χ3n) is 2.62. The molecule has 0 radical (unpaired) electrons. The molecule has 1 aromatic carbocycles. The first kappa shape index (κ1) is 11.1. The summed E-state index contributed by atoms with van der Waals surface area (Å²) in [6.45, 7) is 2.11. The number of benzene rings is 1. The smallest absolute Gasteiger partial charge is 0.262 e. The van der Waals surface area contributed by atoms with Crippen molar-refractivity contribution in [2.45, 2.75) is 19.8 Å². The molecule has 0 amide bonds. The lowest BCUT2D eigenvalue weighted by atomic mass is 10.1. The quantitative estimate of drug-likeness (QED) is 0.751. The fourth-order valence-electron chi connectivity index (χ4n) is 1.74. The maximum Gasteiger partial charge on any atom is 0.262 e. The molecule has 84 valence electrons. The van der Waals surface area contributed by atoms with Crippen molar-refractivity contribution in [3.63, 3.8) is 0 Å². The van der Waals surface area contributed by atoms with Gasteiger partial charge in [-0.15, -0.1) is 0 Å². The molecule has 0 bridgehead atoms. The molecule has 0 spiro atoms. The lowest BCUT2D eigenvalue weighted by Gasteiger charge is -2.05. The first-order valence-corrected chi connectivity index (χ1v) is 5.66. The molecule has 2 aromatic rings. The van der Waals surface area contributed by atoms with E-state index in [0.717, 1.165) is 18.4 Å². The zero-order valence-electron chi connectivity index (χ0n) is 9.33. The largest absolute Gasteiger partial charge is 0.286 e. The Kier molecular flexibility index (Phi) is 2.97. The van der Waals surface area contributed by atoms with Crippen molar-refractivity contribution in [1.29, 1.82) is 0 Å². The van der Waals surface area contributed by atoms with Crippen molar-refractivity contribution >= 4 is 22.5 Å². The SMILES string of the molecule is CCCc1ccc2nc(Cl)n(C)c(=O)c2c1. The van der Waals surface area contributed by atoms with E-state index in [0.29, 0.717) is 10.9 Å². The molecule has 1 aromatic heterocycles. The Bertz CT molecular complexity index is 589. The Morgan fingerprint density at radius 3 is 2.88 bits per heavy atom. The minimum atomic E-state index is -0.0899. The Morgan fingerprint density at radius 1 is 1.44 bits per heavy atom. The van der Waals surface area contributed by atoms with Crippen molar-refractivity contribution in [3.8, 4) is 0 Å². The van der Waals surface area contributed by atoms with Crippen LogP contribution >= 0.6 is 11.6 Å². The zero-order chi connectivity index (χ0) is 11.7. The highest BCUT2D eigenvalue weighted by Crippen LogP contribution is 2.14. The van der Waals surface area contributed by atoms with Gasteiger partial charge < -0.3 is 0 Å². The van der Waals surface area contributed by atoms with Crippen LogP contribution in [0.4, 0.5) is 0 Å². The normalized spacial score (nSPS) is 10.9. The number of hydrogen-bond acceptors (Lipinski definition) is 2. The summed E-state index contributed by atoms with van der Waals surface area (Å²) in [5.41, 5.74) is 1.73. The van der Waals surface area contributed by atoms with Gasteiger partial charge in [0, 0.05) is 7.05 Å². The van der Waals surface area contributed by atoms with Gasteiger partial charge in [0.25, 0.3) is 5.56 Å². The summed E-state index contributed by atoms with van der Waals surface area (Å²) in [6.07, 6.45) is 2.04. The molecule has 0 saturated carbocycles. The molecule has 0 aliphatic heterocycles. The minimum Gasteiger partial charge on any atom is -0.286 e. The number of aromatic nitrogens is 2. The predicted octanol–water partition coefficient (Wildman–Crippen LogP) is 2.54. The third-order valence-corrected chi connectivity index (χ3v) is 2.96. The van der Waals surface area contributed by atoms with Crippen LogP contribution in [0.15, 0.2) is 23.0 Å². The van der Waals surface area contributed by atoms with E-state index in [-0.39, 0.29) is 10.8 Å². The summed E-state index contributed by atoms with van der Waals surface area (Å²) in [7, 11) is 1.63. The number of aryl methyl sites for hydroxylation is 1. The van der Waals surface area contributed by atoms with E-state index >= 15 is 0 Å². The lowest BCUT2D eigenvalue weighted by molar-refractivity contribution is 0.843. The van der Waals surface area contributed by atoms with Crippen LogP contribution in [0.25, 0.3) is 10.9 Å². The molecule has 0 atom stereocenters. The van der Waals surface area contributed by atoms with E-state index in [1.165, 1.54) is 4.57 Å². The second-order valence-corrected chi connectivity index (χ2v) is 4.18. The van der Waals surface area contributed by atoms with Crippen molar-refractivity contribution in [1.82, 2.24) is 9.55 Å². The van der Waals surface area contributed by atoms with Gasteiger partial charge in [-0.05, 0) is 35.7 Å². The summed E-state index contributed by atoms with van der Waals surface area (Å²) in [6, 6.07) is 5.76. The Labute approximate surface area is 98.7 Å². The van der Waals surface area contributed by atoms with Gasteiger partial charge in [-0.1, -0.05) is 19.4 Å². The van der Waals surface area contributed by atoms with Crippen LogP contribution in [0.5, 0.6) is 0 Å². The zero-order valence-corrected chi connectivity index (χ0v) is 10.1. The minimum absolute atomic E-state index is 0.0899. The van der Waals surface area contributed by atoms with Crippen molar-refractivity contribution in [2.24, 2.45) is 7.05 Å². The molecule has 2 rings (SSSR count). The summed E-state index contributed by atoms with van der Waals surface area (Å²) in [4.78, 5) is 16.1. The van der Waals surface area contributed by atoms with Crippen LogP contribution < -0.4 is 5.56 Å². The highest BCUT2D eigenvalue weighted by molar-refractivity contribution is 6.28.